The Hall–Kier alpha value is -3.34. The van der Waals surface area contributed by atoms with Crippen LogP contribution in [0.3, 0.4) is 0 Å². The number of aryl methyl sites for hydroxylation is 2. The Morgan fingerprint density at radius 3 is 2.50 bits per heavy atom. The number of fused-ring (bicyclic) bond motifs is 1. The van der Waals surface area contributed by atoms with Gasteiger partial charge in [0.2, 0.25) is 5.91 Å². The van der Waals surface area contributed by atoms with Gasteiger partial charge >= 0.3 is 0 Å². The molecule has 1 aliphatic rings. The molecule has 1 amide bonds. The third-order valence-corrected chi connectivity index (χ3v) is 5.86. The van der Waals surface area contributed by atoms with E-state index in [2.05, 4.69) is 36.2 Å². The van der Waals surface area contributed by atoms with Gasteiger partial charge in [-0.25, -0.2) is 0 Å². The predicted octanol–water partition coefficient (Wildman–Crippen LogP) is 4.84. The van der Waals surface area contributed by atoms with Crippen molar-refractivity contribution in [1.82, 2.24) is 9.88 Å². The Morgan fingerprint density at radius 1 is 0.938 bits per heavy atom. The highest BCUT2D eigenvalue weighted by Crippen LogP contribution is 2.31. The second-order valence-corrected chi connectivity index (χ2v) is 8.23. The topological polar surface area (TPSA) is 51.7 Å². The summed E-state index contributed by atoms with van der Waals surface area (Å²) in [6.45, 7) is 3.82. The molecule has 2 heterocycles. The van der Waals surface area contributed by atoms with Gasteiger partial charge in [0.15, 0.2) is 11.5 Å². The average molecular weight is 431 g/mol. The number of nitrogens with zero attached hydrogens (tertiary/aromatic N) is 2. The molecule has 5 nitrogen and oxygen atoms in total. The van der Waals surface area contributed by atoms with Crippen molar-refractivity contribution in [1.29, 1.82) is 0 Å². The highest BCUT2D eigenvalue weighted by Gasteiger charge is 2.21. The maximum absolute atomic E-state index is 13.3. The van der Waals surface area contributed by atoms with Crippen LogP contribution < -0.4 is 9.47 Å². The summed E-state index contributed by atoms with van der Waals surface area (Å²) >= 11 is 0. The van der Waals surface area contributed by atoms with E-state index in [-0.39, 0.29) is 11.9 Å². The van der Waals surface area contributed by atoms with E-state index in [9.17, 15) is 4.79 Å². The van der Waals surface area contributed by atoms with Crippen LogP contribution in [0.1, 0.15) is 36.5 Å². The van der Waals surface area contributed by atoms with Crippen molar-refractivity contribution in [3.8, 4) is 11.5 Å². The quantitative estimate of drug-likeness (QED) is 0.488. The number of ether oxygens (including phenoxy) is 2. The predicted molar refractivity (Wildman–Crippen MR) is 125 cm³/mol. The summed E-state index contributed by atoms with van der Waals surface area (Å²) in [5.74, 6) is 1.68. The van der Waals surface area contributed by atoms with Gasteiger partial charge in [-0.05, 0) is 61.1 Å². The second kappa shape index (κ2) is 10.8. The van der Waals surface area contributed by atoms with Crippen LogP contribution in [0.4, 0.5) is 0 Å². The Labute approximate surface area is 190 Å². The maximum atomic E-state index is 13.3. The van der Waals surface area contributed by atoms with Crippen molar-refractivity contribution < 1.29 is 14.3 Å². The molecule has 4 rings (SSSR count). The number of amides is 1. The van der Waals surface area contributed by atoms with Gasteiger partial charge in [0, 0.05) is 31.4 Å². The lowest BCUT2D eigenvalue weighted by Crippen LogP contribution is -2.38. The first-order chi connectivity index (χ1) is 15.7. The molecule has 1 atom stereocenters. The van der Waals surface area contributed by atoms with E-state index in [0.29, 0.717) is 32.6 Å². The molecule has 166 valence electrons. The summed E-state index contributed by atoms with van der Waals surface area (Å²) in [7, 11) is 0. The normalized spacial score (nSPS) is 13.4. The van der Waals surface area contributed by atoms with Crippen LogP contribution in [0.5, 0.6) is 11.5 Å². The Kier molecular flexibility index (Phi) is 7.38. The largest absolute Gasteiger partial charge is 0.486 e. The molecule has 2 aromatic carbocycles. The Balaban J connectivity index is 1.46. The van der Waals surface area contributed by atoms with Crippen LogP contribution in [0, 0.1) is 0 Å². The van der Waals surface area contributed by atoms with Crippen LogP contribution in [0.15, 0.2) is 73.1 Å². The molecule has 0 spiro atoms. The van der Waals surface area contributed by atoms with Crippen molar-refractivity contribution in [3.05, 3.63) is 89.7 Å². The molecule has 1 aliphatic heterocycles. The Morgan fingerprint density at radius 2 is 1.72 bits per heavy atom. The summed E-state index contributed by atoms with van der Waals surface area (Å²) in [5, 5.41) is 0. The molecule has 0 radical (unpaired) electrons. The lowest BCUT2D eigenvalue weighted by atomic mass is 10.0. The van der Waals surface area contributed by atoms with Gasteiger partial charge in [0.25, 0.3) is 0 Å². The van der Waals surface area contributed by atoms with Crippen molar-refractivity contribution in [3.63, 3.8) is 0 Å². The third-order valence-electron chi connectivity index (χ3n) is 5.86. The number of rotatable bonds is 9. The summed E-state index contributed by atoms with van der Waals surface area (Å²) in [6, 6.07) is 20.4. The van der Waals surface area contributed by atoms with E-state index in [1.807, 2.05) is 47.5 Å². The molecule has 0 N–H and O–H groups in total. The van der Waals surface area contributed by atoms with Gasteiger partial charge in [-0.3, -0.25) is 9.78 Å². The van der Waals surface area contributed by atoms with Crippen molar-refractivity contribution in [2.45, 2.75) is 45.2 Å². The SMILES string of the molecule is CC(CCc1ccccc1)N(Cc1ccc2c(c1)OCCO2)C(=O)CCc1cccnc1. The fraction of sp³-hybridized carbons (Fsp3) is 0.333. The summed E-state index contributed by atoms with van der Waals surface area (Å²) in [4.78, 5) is 19.5. The van der Waals surface area contributed by atoms with Crippen LogP contribution in [0.25, 0.3) is 0 Å². The summed E-state index contributed by atoms with van der Waals surface area (Å²) < 4.78 is 11.4. The van der Waals surface area contributed by atoms with Crippen LogP contribution in [0.2, 0.25) is 0 Å². The minimum absolute atomic E-state index is 0.116. The standard InChI is InChI=1S/C27H30N2O3/c1-21(9-10-22-6-3-2-4-7-22)29(27(30)14-12-23-8-5-15-28-19-23)20-24-11-13-25-26(18-24)32-17-16-31-25/h2-8,11,13,15,18-19,21H,9-10,12,14,16-17,20H2,1H3. The highest BCUT2D eigenvalue weighted by molar-refractivity contribution is 5.76. The molecule has 0 saturated carbocycles. The van der Waals surface area contributed by atoms with E-state index in [0.717, 1.165) is 35.5 Å². The molecular weight excluding hydrogens is 400 g/mol. The van der Waals surface area contributed by atoms with Gasteiger partial charge in [0.05, 0.1) is 0 Å². The van der Waals surface area contributed by atoms with Crippen LogP contribution in [-0.2, 0) is 24.2 Å². The number of aromatic nitrogens is 1. The zero-order valence-corrected chi connectivity index (χ0v) is 18.6. The van der Waals surface area contributed by atoms with E-state index in [4.69, 9.17) is 9.47 Å². The van der Waals surface area contributed by atoms with E-state index >= 15 is 0 Å². The zero-order valence-electron chi connectivity index (χ0n) is 18.6. The van der Waals surface area contributed by atoms with E-state index in [1.54, 1.807) is 6.20 Å². The smallest absolute Gasteiger partial charge is 0.223 e. The number of hydrogen-bond acceptors (Lipinski definition) is 4. The van der Waals surface area contributed by atoms with Gasteiger partial charge in [-0.2, -0.15) is 0 Å². The van der Waals surface area contributed by atoms with Gasteiger partial charge in [-0.15, -0.1) is 0 Å². The van der Waals surface area contributed by atoms with Gasteiger partial charge in [-0.1, -0.05) is 42.5 Å². The summed E-state index contributed by atoms with van der Waals surface area (Å²) in [6.07, 6.45) is 6.59. The van der Waals surface area contributed by atoms with Crippen molar-refractivity contribution >= 4 is 5.91 Å². The molecule has 5 heteroatoms. The first-order valence-corrected chi connectivity index (χ1v) is 11.3. The molecule has 1 unspecified atom stereocenters. The van der Waals surface area contributed by atoms with Gasteiger partial charge < -0.3 is 14.4 Å². The van der Waals surface area contributed by atoms with Crippen LogP contribution >= 0.6 is 0 Å². The first kappa shape index (κ1) is 21.9. The fourth-order valence-corrected chi connectivity index (χ4v) is 3.99. The fourth-order valence-electron chi connectivity index (χ4n) is 3.99. The second-order valence-electron chi connectivity index (χ2n) is 8.23. The monoisotopic (exact) mass is 430 g/mol. The maximum Gasteiger partial charge on any atom is 0.223 e. The molecule has 0 saturated heterocycles. The lowest BCUT2D eigenvalue weighted by molar-refractivity contribution is -0.134. The molecule has 0 fully saturated rings. The summed E-state index contributed by atoms with van der Waals surface area (Å²) in [5.41, 5.74) is 3.43. The number of carbonyl (C=O) groups excluding carboxylic acids is 1. The molecule has 32 heavy (non-hydrogen) atoms. The highest BCUT2D eigenvalue weighted by atomic mass is 16.6. The van der Waals surface area contributed by atoms with Crippen molar-refractivity contribution in [2.75, 3.05) is 13.2 Å². The minimum Gasteiger partial charge on any atom is -0.486 e. The van der Waals surface area contributed by atoms with E-state index < -0.39 is 0 Å². The number of hydrogen-bond donors (Lipinski definition) is 0. The van der Waals surface area contributed by atoms with Crippen molar-refractivity contribution in [2.24, 2.45) is 0 Å². The number of pyridine rings is 1. The third kappa shape index (κ3) is 5.88. The van der Waals surface area contributed by atoms with Crippen LogP contribution in [-0.4, -0.2) is 35.0 Å². The first-order valence-electron chi connectivity index (χ1n) is 11.3. The lowest BCUT2D eigenvalue weighted by Gasteiger charge is -2.30. The van der Waals surface area contributed by atoms with Gasteiger partial charge in [0.1, 0.15) is 13.2 Å². The average Bonchev–Trinajstić information content (AvgIpc) is 2.85. The van der Waals surface area contributed by atoms with E-state index in [1.165, 1.54) is 5.56 Å². The number of carbonyl (C=O) groups is 1. The molecule has 1 aromatic heterocycles. The Bertz CT molecular complexity index is 1010. The zero-order chi connectivity index (χ0) is 22.2. The molecule has 0 aliphatic carbocycles. The molecule has 0 bridgehead atoms. The number of benzene rings is 2. The molecule has 3 aromatic rings. The molecular formula is C27H30N2O3. The minimum atomic E-state index is 0.116.